The molecule has 0 aliphatic rings. The molecule has 1 rings (SSSR count). The minimum absolute atomic E-state index is 0.307. The number of nitrogens with one attached hydrogen (secondary N) is 1. The molecule has 6 nitrogen and oxygen atoms in total. The number of hydrogen-bond donors (Lipinski definition) is 1. The molecule has 126 valence electrons. The Balaban J connectivity index is 3.37. The van der Waals surface area contributed by atoms with Crippen molar-refractivity contribution in [1.29, 1.82) is 0 Å². The largest absolute Gasteiger partial charge is 0.349 e. The molecular formula is C18H21N3O3. The molecule has 0 spiro atoms. The number of rotatable bonds is 7. The Morgan fingerprint density at radius 2 is 1.42 bits per heavy atom. The summed E-state index contributed by atoms with van der Waals surface area (Å²) >= 11 is 0. The van der Waals surface area contributed by atoms with E-state index in [-0.39, 0.29) is 17.7 Å². The lowest BCUT2D eigenvalue weighted by molar-refractivity contribution is -0.114. The van der Waals surface area contributed by atoms with Gasteiger partial charge in [-0.25, -0.2) is 0 Å². The van der Waals surface area contributed by atoms with Gasteiger partial charge < -0.3 is 15.1 Å². The molecule has 1 aromatic rings. The maximum absolute atomic E-state index is 12.2. The number of hydrogen-bond acceptors (Lipinski definition) is 3. The second-order valence-corrected chi connectivity index (χ2v) is 4.94. The summed E-state index contributed by atoms with van der Waals surface area (Å²) in [6.07, 6.45) is 3.90. The van der Waals surface area contributed by atoms with E-state index in [1.165, 1.54) is 22.0 Å². The van der Waals surface area contributed by atoms with E-state index in [9.17, 15) is 14.4 Å². The third-order valence-electron chi connectivity index (χ3n) is 3.36. The van der Waals surface area contributed by atoms with Gasteiger partial charge in [0, 0.05) is 37.6 Å². The number of benzene rings is 1. The molecule has 0 aliphatic carbocycles. The third kappa shape index (κ3) is 4.42. The molecule has 0 aromatic heterocycles. The summed E-state index contributed by atoms with van der Waals surface area (Å²) in [6, 6.07) is 4.76. The van der Waals surface area contributed by atoms with Gasteiger partial charge in [0.25, 0.3) is 5.91 Å². The topological polar surface area (TPSA) is 69.7 Å². The third-order valence-corrected chi connectivity index (χ3v) is 3.36. The summed E-state index contributed by atoms with van der Waals surface area (Å²) in [4.78, 5) is 38.6. The van der Waals surface area contributed by atoms with Crippen molar-refractivity contribution < 1.29 is 14.4 Å². The Bertz CT molecular complexity index is 650. The SMILES string of the molecule is C=CCNC(=O)c1cc(N(C)C(=O)C=C)cc(N(C)C(=O)C=C)c1. The van der Waals surface area contributed by atoms with Crippen LogP contribution >= 0.6 is 0 Å². The zero-order chi connectivity index (χ0) is 18.3. The van der Waals surface area contributed by atoms with Gasteiger partial charge in [0.1, 0.15) is 0 Å². The first-order valence-corrected chi connectivity index (χ1v) is 7.20. The van der Waals surface area contributed by atoms with E-state index in [1.807, 2.05) is 0 Å². The molecule has 0 saturated heterocycles. The van der Waals surface area contributed by atoms with Crippen LogP contribution in [0.15, 0.2) is 56.2 Å². The lowest BCUT2D eigenvalue weighted by Gasteiger charge is -2.21. The molecule has 0 bridgehead atoms. The highest BCUT2D eigenvalue weighted by atomic mass is 16.2. The van der Waals surface area contributed by atoms with Gasteiger partial charge in [-0.1, -0.05) is 19.2 Å². The molecule has 0 aliphatic heterocycles. The average Bonchev–Trinajstić information content (AvgIpc) is 2.62. The summed E-state index contributed by atoms with van der Waals surface area (Å²) in [5, 5.41) is 2.66. The quantitative estimate of drug-likeness (QED) is 0.614. The first-order chi connectivity index (χ1) is 11.3. The highest BCUT2D eigenvalue weighted by Crippen LogP contribution is 2.25. The monoisotopic (exact) mass is 327 g/mol. The fourth-order valence-corrected chi connectivity index (χ4v) is 1.91. The predicted molar refractivity (Wildman–Crippen MR) is 96.2 cm³/mol. The van der Waals surface area contributed by atoms with Gasteiger partial charge in [0.15, 0.2) is 0 Å². The van der Waals surface area contributed by atoms with Crippen LogP contribution in [0.1, 0.15) is 10.4 Å². The van der Waals surface area contributed by atoms with E-state index in [0.29, 0.717) is 23.5 Å². The van der Waals surface area contributed by atoms with E-state index in [1.54, 1.807) is 38.4 Å². The van der Waals surface area contributed by atoms with Gasteiger partial charge in [-0.2, -0.15) is 0 Å². The Morgan fingerprint density at radius 1 is 0.958 bits per heavy atom. The van der Waals surface area contributed by atoms with Crippen molar-refractivity contribution in [3.63, 3.8) is 0 Å². The van der Waals surface area contributed by atoms with Gasteiger partial charge in [0.05, 0.1) is 0 Å². The summed E-state index contributed by atoms with van der Waals surface area (Å²) < 4.78 is 0. The zero-order valence-electron chi connectivity index (χ0n) is 13.9. The number of likely N-dealkylation sites (N-methyl/N-ethyl adjacent to an activating group) is 2. The first kappa shape index (κ1) is 18.9. The molecule has 0 radical (unpaired) electrons. The predicted octanol–water partition coefficient (Wildman–Crippen LogP) is 1.90. The van der Waals surface area contributed by atoms with Gasteiger partial charge in [-0.05, 0) is 30.4 Å². The van der Waals surface area contributed by atoms with E-state index >= 15 is 0 Å². The van der Waals surface area contributed by atoms with Crippen LogP contribution in [-0.4, -0.2) is 38.4 Å². The number of carbonyl (C=O) groups is 3. The summed E-state index contributed by atoms with van der Waals surface area (Å²) in [5.74, 6) is -0.999. The fraction of sp³-hybridized carbons (Fsp3) is 0.167. The van der Waals surface area contributed by atoms with E-state index < -0.39 is 0 Å². The first-order valence-electron chi connectivity index (χ1n) is 7.20. The van der Waals surface area contributed by atoms with Crippen molar-refractivity contribution in [2.24, 2.45) is 0 Å². The molecule has 1 N–H and O–H groups in total. The Labute approximate surface area is 141 Å². The second kappa shape index (κ2) is 8.47. The average molecular weight is 327 g/mol. The number of nitrogens with zero attached hydrogens (tertiary/aromatic N) is 2. The van der Waals surface area contributed by atoms with Crippen molar-refractivity contribution in [2.75, 3.05) is 30.4 Å². The van der Waals surface area contributed by atoms with Gasteiger partial charge in [0.2, 0.25) is 11.8 Å². The van der Waals surface area contributed by atoms with E-state index in [4.69, 9.17) is 0 Å². The summed E-state index contributed by atoms with van der Waals surface area (Å²) in [5.41, 5.74) is 1.24. The van der Waals surface area contributed by atoms with Crippen molar-refractivity contribution in [2.45, 2.75) is 0 Å². The van der Waals surface area contributed by atoms with Crippen LogP contribution in [0.25, 0.3) is 0 Å². The molecule has 0 heterocycles. The normalized spacial score (nSPS) is 9.58. The smallest absolute Gasteiger partial charge is 0.251 e. The van der Waals surface area contributed by atoms with Gasteiger partial charge >= 0.3 is 0 Å². The van der Waals surface area contributed by atoms with Crippen molar-refractivity contribution >= 4 is 29.1 Å². The minimum atomic E-state index is -0.336. The molecule has 0 unspecified atom stereocenters. The van der Waals surface area contributed by atoms with E-state index in [0.717, 1.165) is 0 Å². The molecule has 3 amide bonds. The van der Waals surface area contributed by atoms with Crippen LogP contribution in [-0.2, 0) is 9.59 Å². The van der Waals surface area contributed by atoms with Crippen LogP contribution in [0.2, 0.25) is 0 Å². The number of anilines is 2. The maximum Gasteiger partial charge on any atom is 0.251 e. The van der Waals surface area contributed by atoms with Gasteiger partial charge in [-0.3, -0.25) is 14.4 Å². The second-order valence-electron chi connectivity index (χ2n) is 4.94. The Morgan fingerprint density at radius 3 is 1.79 bits per heavy atom. The number of amides is 3. The van der Waals surface area contributed by atoms with Crippen LogP contribution in [0.5, 0.6) is 0 Å². The molecule has 24 heavy (non-hydrogen) atoms. The number of carbonyl (C=O) groups excluding carboxylic acids is 3. The van der Waals surface area contributed by atoms with Crippen LogP contribution < -0.4 is 15.1 Å². The molecule has 1 aromatic carbocycles. The minimum Gasteiger partial charge on any atom is -0.349 e. The standard InChI is InChI=1S/C18H21N3O3/c1-6-9-19-18(24)13-10-14(20(4)16(22)7-2)12-15(11-13)21(5)17(23)8-3/h6-8,10-12H,1-3,9H2,4-5H3,(H,19,24). The van der Waals surface area contributed by atoms with Crippen LogP contribution in [0.4, 0.5) is 11.4 Å². The van der Waals surface area contributed by atoms with Crippen LogP contribution in [0, 0.1) is 0 Å². The van der Waals surface area contributed by atoms with Crippen molar-refractivity contribution in [3.05, 3.63) is 61.7 Å². The summed E-state index contributed by atoms with van der Waals surface area (Å²) in [7, 11) is 3.12. The van der Waals surface area contributed by atoms with Gasteiger partial charge in [-0.15, -0.1) is 6.58 Å². The van der Waals surface area contributed by atoms with Crippen molar-refractivity contribution in [1.82, 2.24) is 5.32 Å². The zero-order valence-corrected chi connectivity index (χ0v) is 13.9. The Hall–Kier alpha value is -3.15. The lowest BCUT2D eigenvalue weighted by atomic mass is 10.1. The lowest BCUT2D eigenvalue weighted by Crippen LogP contribution is -2.28. The molecular weight excluding hydrogens is 306 g/mol. The molecule has 0 saturated carbocycles. The highest BCUT2D eigenvalue weighted by Gasteiger charge is 2.16. The summed E-state index contributed by atoms with van der Waals surface area (Å²) in [6.45, 7) is 10.7. The van der Waals surface area contributed by atoms with Crippen LogP contribution in [0.3, 0.4) is 0 Å². The molecule has 6 heteroatoms. The van der Waals surface area contributed by atoms with E-state index in [2.05, 4.69) is 25.1 Å². The Kier molecular flexibility index (Phi) is 6.67. The fourth-order valence-electron chi connectivity index (χ4n) is 1.91. The highest BCUT2D eigenvalue weighted by molar-refractivity contribution is 6.05. The molecule has 0 fully saturated rings. The maximum atomic E-state index is 12.2. The molecule has 0 atom stereocenters. The van der Waals surface area contributed by atoms with Crippen molar-refractivity contribution in [3.8, 4) is 0 Å².